The van der Waals surface area contributed by atoms with E-state index < -0.39 is 0 Å². The van der Waals surface area contributed by atoms with Gasteiger partial charge in [-0.05, 0) is 49.8 Å². The number of methoxy groups -OCH3 is 2. The molecule has 0 saturated heterocycles. The summed E-state index contributed by atoms with van der Waals surface area (Å²) < 4.78 is 10.5. The van der Waals surface area contributed by atoms with Gasteiger partial charge in [-0.15, -0.1) is 0 Å². The zero-order valence-electron chi connectivity index (χ0n) is 13.8. The van der Waals surface area contributed by atoms with Gasteiger partial charge in [0.2, 0.25) is 0 Å². The molecule has 2 aromatic carbocycles. The maximum atomic E-state index is 12.2. The first kappa shape index (κ1) is 16.6. The first-order valence-corrected chi connectivity index (χ1v) is 7.32. The Morgan fingerprint density at radius 1 is 1.00 bits per heavy atom. The molecule has 0 radical (unpaired) electrons. The molecule has 0 bridgehead atoms. The van der Waals surface area contributed by atoms with Gasteiger partial charge in [-0.3, -0.25) is 4.79 Å². The molecule has 23 heavy (non-hydrogen) atoms. The Kier molecular flexibility index (Phi) is 5.41. The Morgan fingerprint density at radius 3 is 2.26 bits per heavy atom. The monoisotopic (exact) mass is 311 g/mol. The second kappa shape index (κ2) is 7.49. The molecule has 0 aromatic heterocycles. The van der Waals surface area contributed by atoms with Gasteiger partial charge in [0.05, 0.1) is 14.2 Å². The first-order valence-electron chi connectivity index (χ1n) is 7.32. The summed E-state index contributed by atoms with van der Waals surface area (Å²) in [7, 11) is 3.18. The number of carbonyl (C=O) groups excluding carboxylic acids is 1. The van der Waals surface area contributed by atoms with Crippen molar-refractivity contribution in [1.29, 1.82) is 0 Å². The molecular weight excluding hydrogens is 290 g/mol. The molecule has 0 spiro atoms. The molecular formula is C19H21NO3. The fraction of sp³-hybridized carbons (Fsp3) is 0.211. The SMILES string of the molecule is COc1ccc(/C=C(\C)C(=O)Nc2ccc(C)cc2)cc1OC. The molecule has 0 fully saturated rings. The van der Waals surface area contributed by atoms with E-state index in [4.69, 9.17) is 9.47 Å². The molecule has 2 aromatic rings. The van der Waals surface area contributed by atoms with E-state index in [2.05, 4.69) is 5.32 Å². The number of amides is 1. The van der Waals surface area contributed by atoms with Crippen molar-refractivity contribution in [3.63, 3.8) is 0 Å². The molecule has 0 heterocycles. The fourth-order valence-corrected chi connectivity index (χ4v) is 2.12. The summed E-state index contributed by atoms with van der Waals surface area (Å²) in [6.45, 7) is 3.79. The highest BCUT2D eigenvalue weighted by Gasteiger charge is 2.07. The predicted octanol–water partition coefficient (Wildman–Crippen LogP) is 4.05. The van der Waals surface area contributed by atoms with Gasteiger partial charge in [-0.25, -0.2) is 0 Å². The lowest BCUT2D eigenvalue weighted by Gasteiger charge is -2.09. The molecule has 4 heteroatoms. The number of nitrogens with one attached hydrogen (secondary N) is 1. The topological polar surface area (TPSA) is 47.6 Å². The number of ether oxygens (including phenoxy) is 2. The van der Waals surface area contributed by atoms with E-state index in [-0.39, 0.29) is 5.91 Å². The van der Waals surface area contributed by atoms with E-state index in [0.717, 1.165) is 16.8 Å². The highest BCUT2D eigenvalue weighted by atomic mass is 16.5. The fourth-order valence-electron chi connectivity index (χ4n) is 2.12. The molecule has 0 saturated carbocycles. The van der Waals surface area contributed by atoms with Gasteiger partial charge in [0.15, 0.2) is 11.5 Å². The molecule has 0 aliphatic heterocycles. The van der Waals surface area contributed by atoms with Crippen LogP contribution in [0.2, 0.25) is 0 Å². The van der Waals surface area contributed by atoms with Crippen molar-refractivity contribution in [2.75, 3.05) is 19.5 Å². The minimum absolute atomic E-state index is 0.136. The van der Waals surface area contributed by atoms with E-state index in [1.807, 2.05) is 55.5 Å². The summed E-state index contributed by atoms with van der Waals surface area (Å²) in [6.07, 6.45) is 1.81. The van der Waals surface area contributed by atoms with Crippen LogP contribution in [0.25, 0.3) is 6.08 Å². The first-order chi connectivity index (χ1) is 11.0. The van der Waals surface area contributed by atoms with Crippen LogP contribution in [0.1, 0.15) is 18.1 Å². The average molecular weight is 311 g/mol. The predicted molar refractivity (Wildman–Crippen MR) is 93.0 cm³/mol. The number of hydrogen-bond acceptors (Lipinski definition) is 3. The lowest BCUT2D eigenvalue weighted by atomic mass is 10.1. The highest BCUT2D eigenvalue weighted by molar-refractivity contribution is 6.06. The van der Waals surface area contributed by atoms with E-state index in [0.29, 0.717) is 17.1 Å². The lowest BCUT2D eigenvalue weighted by molar-refractivity contribution is -0.112. The minimum atomic E-state index is -0.136. The maximum absolute atomic E-state index is 12.2. The van der Waals surface area contributed by atoms with Gasteiger partial charge in [0, 0.05) is 11.3 Å². The van der Waals surface area contributed by atoms with Crippen LogP contribution in [0.5, 0.6) is 11.5 Å². The van der Waals surface area contributed by atoms with Crippen molar-refractivity contribution >= 4 is 17.7 Å². The van der Waals surface area contributed by atoms with Gasteiger partial charge in [0.1, 0.15) is 0 Å². The zero-order chi connectivity index (χ0) is 16.8. The van der Waals surface area contributed by atoms with E-state index in [1.54, 1.807) is 21.1 Å². The molecule has 0 aliphatic rings. The molecule has 2 rings (SSSR count). The standard InChI is InChI=1S/C19H21NO3/c1-13-5-8-16(9-6-13)20-19(21)14(2)11-15-7-10-17(22-3)18(12-15)23-4/h5-12H,1-4H3,(H,20,21)/b14-11+. The summed E-state index contributed by atoms with van der Waals surface area (Å²) in [5.74, 6) is 1.16. The van der Waals surface area contributed by atoms with Gasteiger partial charge in [-0.1, -0.05) is 23.8 Å². The quantitative estimate of drug-likeness (QED) is 0.847. The number of anilines is 1. The number of benzene rings is 2. The van der Waals surface area contributed by atoms with Crippen LogP contribution in [0, 0.1) is 6.92 Å². The van der Waals surface area contributed by atoms with E-state index in [9.17, 15) is 4.79 Å². The molecule has 0 atom stereocenters. The van der Waals surface area contributed by atoms with Gasteiger partial charge < -0.3 is 14.8 Å². The third-order valence-electron chi connectivity index (χ3n) is 3.46. The number of aryl methyl sites for hydroxylation is 1. The number of hydrogen-bond donors (Lipinski definition) is 1. The second-order valence-corrected chi connectivity index (χ2v) is 5.26. The Bertz CT molecular complexity index is 718. The molecule has 4 nitrogen and oxygen atoms in total. The summed E-state index contributed by atoms with van der Waals surface area (Å²) in [5, 5.41) is 2.88. The molecule has 0 aliphatic carbocycles. The maximum Gasteiger partial charge on any atom is 0.251 e. The van der Waals surface area contributed by atoms with Crippen molar-refractivity contribution in [2.45, 2.75) is 13.8 Å². The van der Waals surface area contributed by atoms with Crippen LogP contribution in [-0.4, -0.2) is 20.1 Å². The van der Waals surface area contributed by atoms with Crippen molar-refractivity contribution in [2.24, 2.45) is 0 Å². The van der Waals surface area contributed by atoms with Crippen molar-refractivity contribution in [3.05, 3.63) is 59.2 Å². The van der Waals surface area contributed by atoms with Gasteiger partial charge in [0.25, 0.3) is 5.91 Å². The summed E-state index contributed by atoms with van der Waals surface area (Å²) >= 11 is 0. The Morgan fingerprint density at radius 2 is 1.65 bits per heavy atom. The summed E-state index contributed by atoms with van der Waals surface area (Å²) in [4.78, 5) is 12.2. The lowest BCUT2D eigenvalue weighted by Crippen LogP contribution is -2.12. The Hall–Kier alpha value is -2.75. The second-order valence-electron chi connectivity index (χ2n) is 5.26. The van der Waals surface area contributed by atoms with Gasteiger partial charge >= 0.3 is 0 Å². The zero-order valence-corrected chi connectivity index (χ0v) is 13.8. The largest absolute Gasteiger partial charge is 0.493 e. The highest BCUT2D eigenvalue weighted by Crippen LogP contribution is 2.28. The third kappa shape index (κ3) is 4.36. The summed E-state index contributed by atoms with van der Waals surface area (Å²) in [5.41, 5.74) is 3.42. The average Bonchev–Trinajstić information content (AvgIpc) is 2.56. The Balaban J connectivity index is 2.15. The molecule has 1 N–H and O–H groups in total. The smallest absolute Gasteiger partial charge is 0.251 e. The van der Waals surface area contributed by atoms with Crippen LogP contribution in [0.4, 0.5) is 5.69 Å². The normalized spacial score (nSPS) is 11.0. The molecule has 1 amide bonds. The van der Waals surface area contributed by atoms with E-state index in [1.165, 1.54) is 0 Å². The van der Waals surface area contributed by atoms with Crippen LogP contribution in [0.3, 0.4) is 0 Å². The molecule has 0 unspecified atom stereocenters. The van der Waals surface area contributed by atoms with Gasteiger partial charge in [-0.2, -0.15) is 0 Å². The molecule has 120 valence electrons. The van der Waals surface area contributed by atoms with Crippen LogP contribution >= 0.6 is 0 Å². The van der Waals surface area contributed by atoms with Crippen LogP contribution in [-0.2, 0) is 4.79 Å². The van der Waals surface area contributed by atoms with Crippen molar-refractivity contribution in [3.8, 4) is 11.5 Å². The van der Waals surface area contributed by atoms with Crippen molar-refractivity contribution < 1.29 is 14.3 Å². The van der Waals surface area contributed by atoms with E-state index >= 15 is 0 Å². The summed E-state index contributed by atoms with van der Waals surface area (Å²) in [6, 6.07) is 13.2. The van der Waals surface area contributed by atoms with Crippen LogP contribution < -0.4 is 14.8 Å². The number of carbonyl (C=O) groups is 1. The van der Waals surface area contributed by atoms with Crippen LogP contribution in [0.15, 0.2) is 48.0 Å². The minimum Gasteiger partial charge on any atom is -0.493 e. The third-order valence-corrected chi connectivity index (χ3v) is 3.46. The Labute approximate surface area is 136 Å². The van der Waals surface area contributed by atoms with Crippen molar-refractivity contribution in [1.82, 2.24) is 0 Å². The number of rotatable bonds is 5.